The van der Waals surface area contributed by atoms with Crippen molar-refractivity contribution in [2.24, 2.45) is 0 Å². The minimum absolute atomic E-state index is 0.174. The molecule has 0 rings (SSSR count). The van der Waals surface area contributed by atoms with Crippen molar-refractivity contribution in [1.29, 1.82) is 0 Å². The number of carbonyl (C=O) groups excluding carboxylic acids is 2. The van der Waals surface area contributed by atoms with Crippen molar-refractivity contribution >= 4 is 17.9 Å². The van der Waals surface area contributed by atoms with Gasteiger partial charge in [0.15, 0.2) is 6.10 Å². The van der Waals surface area contributed by atoms with E-state index in [1.807, 2.05) is 21.1 Å². The molecule has 0 aromatic rings. The van der Waals surface area contributed by atoms with Crippen molar-refractivity contribution in [3.8, 4) is 0 Å². The van der Waals surface area contributed by atoms with Crippen molar-refractivity contribution in [1.82, 2.24) is 0 Å². The Kier molecular flexibility index (Phi) is 48.9. The van der Waals surface area contributed by atoms with Gasteiger partial charge in [-0.25, -0.2) is 4.79 Å². The van der Waals surface area contributed by atoms with Crippen LogP contribution in [0.1, 0.15) is 194 Å². The molecule has 71 heavy (non-hydrogen) atoms. The molecule has 0 aliphatic heterocycles. The van der Waals surface area contributed by atoms with E-state index < -0.39 is 24.3 Å². The van der Waals surface area contributed by atoms with Crippen LogP contribution in [0, 0.1) is 0 Å². The SMILES string of the molecule is CC/C=C\C/C=C\C/C=C\C/C=C\C/C=C\C/C=C\C/C=C\C/C=C\CCCCCCC(=O)OC(COC(=O)CCCCCCCCC/C=C\C/C=C\CCCCC)COC(OCC[N+](C)(C)C)C(=O)O. The second kappa shape index (κ2) is 52.0. The average Bonchev–Trinajstić information content (AvgIpc) is 3.34. The lowest BCUT2D eigenvalue weighted by Crippen LogP contribution is -2.40. The quantitative estimate of drug-likeness (QED) is 0.0211. The number of carbonyl (C=O) groups is 3. The maximum atomic E-state index is 12.9. The molecule has 0 radical (unpaired) electrons. The Morgan fingerprint density at radius 2 is 0.803 bits per heavy atom. The van der Waals surface area contributed by atoms with Crippen molar-refractivity contribution < 1.29 is 42.9 Å². The van der Waals surface area contributed by atoms with Crippen molar-refractivity contribution in [3.63, 3.8) is 0 Å². The van der Waals surface area contributed by atoms with Crippen LogP contribution < -0.4 is 0 Å². The molecule has 1 N–H and O–H groups in total. The number of unbranched alkanes of at least 4 members (excludes halogenated alkanes) is 14. The van der Waals surface area contributed by atoms with E-state index in [2.05, 4.69) is 135 Å². The lowest BCUT2D eigenvalue weighted by molar-refractivity contribution is -0.870. The van der Waals surface area contributed by atoms with Gasteiger partial charge in [-0.2, -0.15) is 0 Å². The number of nitrogens with zero attached hydrogens (tertiary/aromatic N) is 1. The Labute approximate surface area is 434 Å². The average molecular weight is 989 g/mol. The molecule has 0 aromatic carbocycles. The second-order valence-corrected chi connectivity index (χ2v) is 19.2. The first kappa shape index (κ1) is 66.7. The van der Waals surface area contributed by atoms with E-state index in [4.69, 9.17) is 18.9 Å². The van der Waals surface area contributed by atoms with Gasteiger partial charge in [0.05, 0.1) is 34.4 Å². The summed E-state index contributed by atoms with van der Waals surface area (Å²) in [6.45, 7) is 4.67. The molecule has 0 amide bonds. The third kappa shape index (κ3) is 53.3. The van der Waals surface area contributed by atoms with Crippen LogP contribution in [0.4, 0.5) is 0 Å². The van der Waals surface area contributed by atoms with Gasteiger partial charge in [0.25, 0.3) is 6.29 Å². The monoisotopic (exact) mass is 989 g/mol. The number of rotatable bonds is 49. The Balaban J connectivity index is 4.39. The molecule has 0 bridgehead atoms. The van der Waals surface area contributed by atoms with Crippen molar-refractivity contribution in [2.75, 3.05) is 47.5 Å². The van der Waals surface area contributed by atoms with Crippen molar-refractivity contribution in [3.05, 3.63) is 122 Å². The molecule has 0 saturated carbocycles. The number of ether oxygens (including phenoxy) is 4. The fourth-order valence-corrected chi connectivity index (χ4v) is 6.94. The third-order valence-corrected chi connectivity index (χ3v) is 11.2. The molecule has 0 spiro atoms. The molecule has 2 atom stereocenters. The second-order valence-electron chi connectivity index (χ2n) is 19.2. The summed E-state index contributed by atoms with van der Waals surface area (Å²) in [5, 5.41) is 9.69. The fraction of sp³-hybridized carbons (Fsp3) is 0.629. The zero-order chi connectivity index (χ0) is 52.0. The lowest BCUT2D eigenvalue weighted by atomic mass is 10.1. The maximum Gasteiger partial charge on any atom is 0.361 e. The summed E-state index contributed by atoms with van der Waals surface area (Å²) in [6, 6.07) is 0. The Hall–Kier alpha value is -4.31. The van der Waals surface area contributed by atoms with Gasteiger partial charge >= 0.3 is 17.9 Å². The molecule has 402 valence electrons. The van der Waals surface area contributed by atoms with Crippen molar-refractivity contribution in [2.45, 2.75) is 206 Å². The number of quaternary nitrogens is 1. The van der Waals surface area contributed by atoms with Crippen LogP contribution in [0.15, 0.2) is 122 Å². The topological polar surface area (TPSA) is 108 Å². The van der Waals surface area contributed by atoms with Gasteiger partial charge in [-0.1, -0.05) is 193 Å². The first-order valence-corrected chi connectivity index (χ1v) is 27.7. The maximum absolute atomic E-state index is 12.9. The summed E-state index contributed by atoms with van der Waals surface area (Å²) in [5.74, 6) is -2.07. The highest BCUT2D eigenvalue weighted by molar-refractivity contribution is 5.71. The van der Waals surface area contributed by atoms with Crippen LogP contribution in [0.2, 0.25) is 0 Å². The molecule has 2 unspecified atom stereocenters. The number of hydrogen-bond acceptors (Lipinski definition) is 7. The minimum atomic E-state index is -1.53. The molecule has 0 aromatic heterocycles. The number of esters is 2. The van der Waals surface area contributed by atoms with E-state index in [9.17, 15) is 19.5 Å². The van der Waals surface area contributed by atoms with Crippen LogP contribution in [-0.4, -0.2) is 87.4 Å². The highest BCUT2D eigenvalue weighted by Crippen LogP contribution is 2.13. The first-order chi connectivity index (χ1) is 34.6. The molecule has 0 saturated heterocycles. The van der Waals surface area contributed by atoms with Crippen LogP contribution in [0.3, 0.4) is 0 Å². The Morgan fingerprint density at radius 1 is 0.437 bits per heavy atom. The molecule has 9 heteroatoms. The molecular weight excluding hydrogens is 887 g/mol. The van der Waals surface area contributed by atoms with Gasteiger partial charge in [-0.05, 0) is 109 Å². The van der Waals surface area contributed by atoms with Gasteiger partial charge in [-0.3, -0.25) is 9.59 Å². The van der Waals surface area contributed by atoms with Crippen LogP contribution in [-0.2, 0) is 33.3 Å². The molecule has 9 nitrogen and oxygen atoms in total. The summed E-state index contributed by atoms with van der Waals surface area (Å²) in [4.78, 5) is 37.4. The Bertz CT molecular complexity index is 1570. The third-order valence-electron chi connectivity index (χ3n) is 11.2. The highest BCUT2D eigenvalue weighted by Gasteiger charge is 2.25. The van der Waals surface area contributed by atoms with Gasteiger partial charge in [0.2, 0.25) is 0 Å². The normalized spacial score (nSPS) is 13.8. The number of carboxylic acid groups (broad SMARTS) is 1. The van der Waals surface area contributed by atoms with Gasteiger partial charge in [0, 0.05) is 12.8 Å². The summed E-state index contributed by atoms with van der Waals surface area (Å²) >= 11 is 0. The van der Waals surface area contributed by atoms with E-state index in [0.717, 1.165) is 116 Å². The lowest BCUT2D eigenvalue weighted by Gasteiger charge is -2.25. The van der Waals surface area contributed by atoms with E-state index in [1.165, 1.54) is 44.9 Å². The Morgan fingerprint density at radius 3 is 1.20 bits per heavy atom. The standard InChI is InChI=1S/C62H101NO8/c1-6-8-10-12-14-16-18-20-22-24-25-26-27-28-29-30-31-32-33-34-35-37-39-41-43-45-47-49-51-53-60(65)71-58(57-70-62(61(66)67)68-55-54-63(3,4)5)56-69-59(64)52-50-48-46-44-42-40-38-36-23-21-19-17-15-13-11-9-7-2/h8,10,14-17,20-23,25-26,28-29,31-32,34-35,39,41,58,62H,6-7,9,11-13,18-19,24,27,30,33,36-38,40,42-57H2,1-5H3/p+1/b10-8-,16-14-,17-15-,22-20-,23-21-,26-25-,29-28-,32-31-,35-34-,41-39-. The summed E-state index contributed by atoms with van der Waals surface area (Å²) in [5.41, 5.74) is 0. The largest absolute Gasteiger partial charge is 0.477 e. The fourth-order valence-electron chi connectivity index (χ4n) is 6.94. The van der Waals surface area contributed by atoms with Crippen LogP contribution in [0.5, 0.6) is 0 Å². The molecule has 0 heterocycles. The number of hydrogen-bond donors (Lipinski definition) is 1. The summed E-state index contributed by atoms with van der Waals surface area (Å²) < 4.78 is 22.8. The molecular formula is C62H102NO8+. The van der Waals surface area contributed by atoms with Gasteiger partial charge < -0.3 is 28.5 Å². The molecule has 0 aliphatic rings. The smallest absolute Gasteiger partial charge is 0.361 e. The van der Waals surface area contributed by atoms with Crippen LogP contribution in [0.25, 0.3) is 0 Å². The van der Waals surface area contributed by atoms with E-state index >= 15 is 0 Å². The van der Waals surface area contributed by atoms with Gasteiger partial charge in [0.1, 0.15) is 13.2 Å². The molecule has 0 fully saturated rings. The number of aliphatic carboxylic acids is 1. The first-order valence-electron chi connectivity index (χ1n) is 27.7. The summed E-state index contributed by atoms with van der Waals surface area (Å²) in [6.07, 6.45) is 69.8. The van der Waals surface area contributed by atoms with E-state index in [1.54, 1.807) is 0 Å². The summed E-state index contributed by atoms with van der Waals surface area (Å²) in [7, 11) is 5.94. The number of allylic oxidation sites excluding steroid dienone is 20. The number of likely N-dealkylation sites (N-methyl/N-ethyl adjacent to an activating group) is 1. The van der Waals surface area contributed by atoms with Crippen LogP contribution >= 0.6 is 0 Å². The van der Waals surface area contributed by atoms with Gasteiger partial charge in [-0.15, -0.1) is 0 Å². The zero-order valence-electron chi connectivity index (χ0n) is 45.6. The predicted octanol–water partition coefficient (Wildman–Crippen LogP) is 16.1. The minimum Gasteiger partial charge on any atom is -0.477 e. The van der Waals surface area contributed by atoms with E-state index in [-0.39, 0.29) is 38.6 Å². The predicted molar refractivity (Wildman–Crippen MR) is 299 cm³/mol. The molecule has 0 aliphatic carbocycles. The zero-order valence-corrected chi connectivity index (χ0v) is 45.6. The number of carboxylic acids is 1. The van der Waals surface area contributed by atoms with E-state index in [0.29, 0.717) is 17.4 Å². The highest BCUT2D eigenvalue weighted by atomic mass is 16.7.